The van der Waals surface area contributed by atoms with Crippen LogP contribution in [0.15, 0.2) is 22.7 Å². The first kappa shape index (κ1) is 14.4. The summed E-state index contributed by atoms with van der Waals surface area (Å²) in [5.41, 5.74) is -0.719. The van der Waals surface area contributed by atoms with E-state index in [0.717, 1.165) is 0 Å². The Kier molecular flexibility index (Phi) is 4.54. The van der Waals surface area contributed by atoms with Gasteiger partial charge in [0.05, 0.1) is 15.6 Å². The SMILES string of the molecule is O=C(NCC1(O)CCOCC1)c1cccc(F)c1Br. The van der Waals surface area contributed by atoms with Gasteiger partial charge in [-0.1, -0.05) is 6.07 Å². The Morgan fingerprint density at radius 3 is 2.84 bits per heavy atom. The summed E-state index contributed by atoms with van der Waals surface area (Å²) in [5.74, 6) is -0.899. The van der Waals surface area contributed by atoms with Gasteiger partial charge in [0.15, 0.2) is 0 Å². The number of amides is 1. The summed E-state index contributed by atoms with van der Waals surface area (Å²) in [5, 5.41) is 12.8. The highest BCUT2D eigenvalue weighted by atomic mass is 79.9. The van der Waals surface area contributed by atoms with Crippen LogP contribution in [0.3, 0.4) is 0 Å². The molecule has 0 aromatic heterocycles. The van der Waals surface area contributed by atoms with Gasteiger partial charge in [-0.25, -0.2) is 4.39 Å². The van der Waals surface area contributed by atoms with E-state index in [1.807, 2.05) is 0 Å². The molecular formula is C13H15BrFNO3. The highest BCUT2D eigenvalue weighted by molar-refractivity contribution is 9.10. The molecule has 1 aliphatic rings. The fourth-order valence-corrected chi connectivity index (χ4v) is 2.39. The highest BCUT2D eigenvalue weighted by Gasteiger charge is 2.30. The number of rotatable bonds is 3. The lowest BCUT2D eigenvalue weighted by molar-refractivity contribution is -0.0605. The van der Waals surface area contributed by atoms with E-state index in [2.05, 4.69) is 21.2 Å². The third kappa shape index (κ3) is 3.52. The molecular weight excluding hydrogens is 317 g/mol. The van der Waals surface area contributed by atoms with Crippen LogP contribution < -0.4 is 5.32 Å². The summed E-state index contributed by atoms with van der Waals surface area (Å²) in [6.07, 6.45) is 0.967. The molecule has 0 saturated carbocycles. The van der Waals surface area contributed by atoms with Gasteiger partial charge in [-0.05, 0) is 28.1 Å². The number of hydrogen-bond acceptors (Lipinski definition) is 3. The molecule has 0 radical (unpaired) electrons. The van der Waals surface area contributed by atoms with Crippen LogP contribution in [0.25, 0.3) is 0 Å². The number of nitrogens with one attached hydrogen (secondary N) is 1. The molecule has 1 saturated heterocycles. The summed E-state index contributed by atoms with van der Waals surface area (Å²) in [6.45, 7) is 1.10. The van der Waals surface area contributed by atoms with Gasteiger partial charge < -0.3 is 15.2 Å². The van der Waals surface area contributed by atoms with E-state index in [-0.39, 0.29) is 16.6 Å². The largest absolute Gasteiger partial charge is 0.388 e. The van der Waals surface area contributed by atoms with E-state index in [1.54, 1.807) is 0 Å². The second-order valence-corrected chi connectivity index (χ2v) is 5.41. The van der Waals surface area contributed by atoms with Crippen molar-refractivity contribution in [2.45, 2.75) is 18.4 Å². The molecule has 2 N–H and O–H groups in total. The molecule has 2 rings (SSSR count). The number of hydrogen-bond donors (Lipinski definition) is 2. The summed E-state index contributed by atoms with van der Waals surface area (Å²) in [4.78, 5) is 12.0. The van der Waals surface area contributed by atoms with Gasteiger partial charge in [0.1, 0.15) is 5.82 Å². The summed E-state index contributed by atoms with van der Waals surface area (Å²) in [6, 6.07) is 4.27. The maximum atomic E-state index is 13.3. The normalized spacial score (nSPS) is 18.1. The monoisotopic (exact) mass is 331 g/mol. The molecule has 1 aliphatic heterocycles. The van der Waals surface area contributed by atoms with Crippen LogP contribution in [-0.2, 0) is 4.74 Å². The number of benzene rings is 1. The number of carbonyl (C=O) groups is 1. The molecule has 0 unspecified atom stereocenters. The van der Waals surface area contributed by atoms with Gasteiger partial charge >= 0.3 is 0 Å². The molecule has 0 bridgehead atoms. The van der Waals surface area contributed by atoms with Crippen LogP contribution in [-0.4, -0.2) is 36.4 Å². The van der Waals surface area contributed by atoms with Crippen molar-refractivity contribution in [3.8, 4) is 0 Å². The fourth-order valence-electron chi connectivity index (χ4n) is 1.95. The first-order valence-electron chi connectivity index (χ1n) is 6.04. The van der Waals surface area contributed by atoms with Crippen molar-refractivity contribution in [1.82, 2.24) is 5.32 Å². The van der Waals surface area contributed by atoms with E-state index in [0.29, 0.717) is 26.1 Å². The maximum absolute atomic E-state index is 13.3. The molecule has 0 atom stereocenters. The van der Waals surface area contributed by atoms with Crippen molar-refractivity contribution in [2.24, 2.45) is 0 Å². The standard InChI is InChI=1S/C13H15BrFNO3/c14-11-9(2-1-3-10(11)15)12(17)16-8-13(18)4-6-19-7-5-13/h1-3,18H,4-8H2,(H,16,17). The molecule has 0 spiro atoms. The summed E-state index contributed by atoms with van der Waals surface area (Å²) in [7, 11) is 0. The van der Waals surface area contributed by atoms with Gasteiger partial charge in [-0.15, -0.1) is 0 Å². The molecule has 4 nitrogen and oxygen atoms in total. The first-order chi connectivity index (χ1) is 9.02. The van der Waals surface area contributed by atoms with Crippen LogP contribution in [0.4, 0.5) is 4.39 Å². The van der Waals surface area contributed by atoms with Gasteiger partial charge in [0, 0.05) is 32.6 Å². The van der Waals surface area contributed by atoms with Crippen molar-refractivity contribution in [3.63, 3.8) is 0 Å². The Balaban J connectivity index is 1.99. The maximum Gasteiger partial charge on any atom is 0.252 e. The summed E-state index contributed by atoms with van der Waals surface area (Å²) < 4.78 is 18.6. The lowest BCUT2D eigenvalue weighted by Crippen LogP contribution is -2.46. The predicted molar refractivity (Wildman–Crippen MR) is 71.4 cm³/mol. The van der Waals surface area contributed by atoms with Crippen molar-refractivity contribution in [1.29, 1.82) is 0 Å². The third-order valence-electron chi connectivity index (χ3n) is 3.20. The average molecular weight is 332 g/mol. The number of aliphatic hydroxyl groups is 1. The minimum Gasteiger partial charge on any atom is -0.388 e. The number of carbonyl (C=O) groups excluding carboxylic acids is 1. The van der Waals surface area contributed by atoms with Crippen LogP contribution in [0.2, 0.25) is 0 Å². The smallest absolute Gasteiger partial charge is 0.252 e. The number of halogens is 2. The van der Waals surface area contributed by atoms with Crippen molar-refractivity contribution < 1.29 is 19.0 Å². The highest BCUT2D eigenvalue weighted by Crippen LogP contribution is 2.22. The number of ether oxygens (including phenoxy) is 1. The molecule has 1 amide bonds. The van der Waals surface area contributed by atoms with E-state index in [1.165, 1.54) is 18.2 Å². The van der Waals surface area contributed by atoms with E-state index in [4.69, 9.17) is 4.74 Å². The molecule has 1 fully saturated rings. The first-order valence-corrected chi connectivity index (χ1v) is 6.83. The predicted octanol–water partition coefficient (Wildman–Crippen LogP) is 1.86. The molecule has 1 aromatic carbocycles. The third-order valence-corrected chi connectivity index (χ3v) is 4.00. The van der Waals surface area contributed by atoms with Crippen LogP contribution in [0, 0.1) is 5.82 Å². The van der Waals surface area contributed by atoms with Gasteiger partial charge in [0.25, 0.3) is 5.91 Å². The molecule has 19 heavy (non-hydrogen) atoms. The lowest BCUT2D eigenvalue weighted by Gasteiger charge is -2.32. The second kappa shape index (κ2) is 5.98. The molecule has 1 heterocycles. The van der Waals surface area contributed by atoms with E-state index >= 15 is 0 Å². The minimum atomic E-state index is -0.937. The second-order valence-electron chi connectivity index (χ2n) is 4.62. The van der Waals surface area contributed by atoms with Gasteiger partial charge in [-0.3, -0.25) is 4.79 Å². The molecule has 0 aliphatic carbocycles. The molecule has 6 heteroatoms. The fraction of sp³-hybridized carbons (Fsp3) is 0.462. The van der Waals surface area contributed by atoms with E-state index < -0.39 is 17.3 Å². The van der Waals surface area contributed by atoms with Crippen LogP contribution >= 0.6 is 15.9 Å². The topological polar surface area (TPSA) is 58.6 Å². The quantitative estimate of drug-likeness (QED) is 0.888. The Morgan fingerprint density at radius 2 is 2.16 bits per heavy atom. The van der Waals surface area contributed by atoms with Gasteiger partial charge in [0.2, 0.25) is 0 Å². The zero-order valence-corrected chi connectivity index (χ0v) is 11.9. The van der Waals surface area contributed by atoms with Crippen molar-refractivity contribution >= 4 is 21.8 Å². The minimum absolute atomic E-state index is 0.131. The lowest BCUT2D eigenvalue weighted by atomic mass is 9.94. The Hall–Kier alpha value is -0.980. The van der Waals surface area contributed by atoms with Crippen LogP contribution in [0.1, 0.15) is 23.2 Å². The molecule has 104 valence electrons. The Bertz CT molecular complexity index is 475. The zero-order chi connectivity index (χ0) is 13.9. The Labute approximate surface area is 119 Å². The van der Waals surface area contributed by atoms with E-state index in [9.17, 15) is 14.3 Å². The average Bonchev–Trinajstić information content (AvgIpc) is 2.40. The Morgan fingerprint density at radius 1 is 1.47 bits per heavy atom. The van der Waals surface area contributed by atoms with Gasteiger partial charge in [-0.2, -0.15) is 0 Å². The molecule has 1 aromatic rings. The van der Waals surface area contributed by atoms with Crippen molar-refractivity contribution in [2.75, 3.05) is 19.8 Å². The van der Waals surface area contributed by atoms with Crippen molar-refractivity contribution in [3.05, 3.63) is 34.1 Å². The zero-order valence-electron chi connectivity index (χ0n) is 10.3. The summed E-state index contributed by atoms with van der Waals surface area (Å²) >= 11 is 3.04. The van der Waals surface area contributed by atoms with Crippen LogP contribution in [0.5, 0.6) is 0 Å².